The first kappa shape index (κ1) is 16.5. The van der Waals surface area contributed by atoms with E-state index in [0.717, 1.165) is 6.92 Å². The zero-order valence-corrected chi connectivity index (χ0v) is 10.8. The number of phosphoric ester groups is 1. The predicted octanol–water partition coefficient (Wildman–Crippen LogP) is -2.96. The van der Waals surface area contributed by atoms with Crippen molar-refractivity contribution < 1.29 is 43.7 Å². The van der Waals surface area contributed by atoms with E-state index in [0.29, 0.717) is 0 Å². The molecule has 10 nitrogen and oxygen atoms in total. The molecule has 1 aliphatic rings. The lowest BCUT2D eigenvalue weighted by Gasteiger charge is -2.41. The third-order valence-corrected chi connectivity index (χ3v) is 3.02. The van der Waals surface area contributed by atoms with Crippen molar-refractivity contribution in [2.24, 2.45) is 0 Å². The summed E-state index contributed by atoms with van der Waals surface area (Å²) in [5.74, 6) is -0.593. The van der Waals surface area contributed by atoms with E-state index in [4.69, 9.17) is 19.6 Å². The van der Waals surface area contributed by atoms with Gasteiger partial charge in [0.25, 0.3) is 0 Å². The Morgan fingerprint density at radius 1 is 1.42 bits per heavy atom. The van der Waals surface area contributed by atoms with Gasteiger partial charge in [-0.25, -0.2) is 4.57 Å². The molecule has 1 saturated heterocycles. The molecule has 0 saturated carbocycles. The van der Waals surface area contributed by atoms with Crippen LogP contribution in [0.1, 0.15) is 6.92 Å². The fourth-order valence-corrected chi connectivity index (χ4v) is 2.34. The van der Waals surface area contributed by atoms with E-state index in [1.807, 2.05) is 0 Å². The van der Waals surface area contributed by atoms with Crippen LogP contribution in [0.5, 0.6) is 0 Å². The van der Waals surface area contributed by atoms with Crippen molar-refractivity contribution >= 4 is 13.7 Å². The Hall–Kier alpha value is -0.580. The van der Waals surface area contributed by atoms with Gasteiger partial charge >= 0.3 is 7.82 Å². The van der Waals surface area contributed by atoms with Gasteiger partial charge in [0.1, 0.15) is 24.4 Å². The summed E-state index contributed by atoms with van der Waals surface area (Å²) in [7, 11) is -4.95. The maximum atomic E-state index is 10.9. The van der Waals surface area contributed by atoms with Crippen molar-refractivity contribution in [1.82, 2.24) is 5.32 Å². The Balaban J connectivity index is 2.91. The minimum absolute atomic E-state index is 0.593. The van der Waals surface area contributed by atoms with Crippen LogP contribution >= 0.6 is 7.82 Å². The molecule has 1 fully saturated rings. The molecule has 6 N–H and O–H groups in total. The van der Waals surface area contributed by atoms with Crippen LogP contribution in [0.3, 0.4) is 0 Å². The maximum Gasteiger partial charge on any atom is 0.470 e. The van der Waals surface area contributed by atoms with Crippen LogP contribution in [0.4, 0.5) is 0 Å². The number of carbonyl (C=O) groups is 1. The number of hydrogen-bond donors (Lipinski definition) is 6. The Labute approximate surface area is 108 Å². The van der Waals surface area contributed by atoms with Crippen LogP contribution in [0, 0.1) is 0 Å². The highest BCUT2D eigenvalue weighted by atomic mass is 31.2. The van der Waals surface area contributed by atoms with E-state index in [9.17, 15) is 19.6 Å². The van der Waals surface area contributed by atoms with Gasteiger partial charge in [-0.3, -0.25) is 9.32 Å². The number of hydrogen-bond acceptors (Lipinski definition) is 7. The van der Waals surface area contributed by atoms with Crippen LogP contribution in [0.15, 0.2) is 0 Å². The van der Waals surface area contributed by atoms with E-state index in [2.05, 4.69) is 9.84 Å². The lowest BCUT2D eigenvalue weighted by molar-refractivity contribution is -0.250. The molecule has 0 aromatic rings. The molecule has 1 aliphatic heterocycles. The van der Waals surface area contributed by atoms with E-state index >= 15 is 0 Å². The summed E-state index contributed by atoms with van der Waals surface area (Å²) in [5, 5.41) is 30.6. The standard InChI is InChI=1S/C8H16NO9P/c1-3(11)9-5-6(12)7(18-19(14,15)16)4(2-10)17-8(5)13/h4-8,10,12-13H,2H2,1H3,(H,9,11)(H2,14,15,16)/t4?,5?,6-,7-,8?/m1/s1. The summed E-state index contributed by atoms with van der Waals surface area (Å²) in [6.45, 7) is 0.377. The highest BCUT2D eigenvalue weighted by Crippen LogP contribution is 2.41. The number of aliphatic hydroxyl groups excluding tert-OH is 3. The van der Waals surface area contributed by atoms with Crippen molar-refractivity contribution in [3.8, 4) is 0 Å². The van der Waals surface area contributed by atoms with Gasteiger partial charge in [0.2, 0.25) is 5.91 Å². The quantitative estimate of drug-likeness (QED) is 0.297. The third kappa shape index (κ3) is 4.48. The van der Waals surface area contributed by atoms with E-state index in [1.54, 1.807) is 0 Å². The van der Waals surface area contributed by atoms with Crippen molar-refractivity contribution in [1.29, 1.82) is 0 Å². The van der Waals surface area contributed by atoms with Gasteiger partial charge in [0.15, 0.2) is 6.29 Å². The molecule has 112 valence electrons. The highest BCUT2D eigenvalue weighted by molar-refractivity contribution is 7.46. The van der Waals surface area contributed by atoms with Gasteiger partial charge in [-0.1, -0.05) is 0 Å². The predicted molar refractivity (Wildman–Crippen MR) is 58.5 cm³/mol. The molecule has 11 heteroatoms. The molecular formula is C8H16NO9P. The number of amides is 1. The monoisotopic (exact) mass is 301 g/mol. The fourth-order valence-electron chi connectivity index (χ4n) is 1.76. The second-order valence-electron chi connectivity index (χ2n) is 4.03. The average molecular weight is 301 g/mol. The first-order valence-corrected chi connectivity index (χ1v) is 6.82. The molecule has 0 aliphatic carbocycles. The van der Waals surface area contributed by atoms with E-state index in [-0.39, 0.29) is 0 Å². The molecule has 1 amide bonds. The van der Waals surface area contributed by atoms with Crippen LogP contribution in [-0.4, -0.2) is 68.3 Å². The summed E-state index contributed by atoms with van der Waals surface area (Å²) < 4.78 is 20.0. The summed E-state index contributed by atoms with van der Waals surface area (Å²) in [4.78, 5) is 28.4. The molecular weight excluding hydrogens is 285 g/mol. The van der Waals surface area contributed by atoms with Gasteiger partial charge in [-0.2, -0.15) is 0 Å². The SMILES string of the molecule is CC(=O)NC1C(O)OC(CO)[C@@H](OP(=O)(O)O)[C@@H]1O. The molecule has 1 heterocycles. The average Bonchev–Trinajstić information content (AvgIpc) is 2.26. The number of rotatable bonds is 4. The summed E-state index contributed by atoms with van der Waals surface area (Å²) in [5.41, 5.74) is 0. The normalized spacial score (nSPS) is 36.0. The van der Waals surface area contributed by atoms with Gasteiger partial charge in [-0.05, 0) is 0 Å². The topological polar surface area (TPSA) is 166 Å². The van der Waals surface area contributed by atoms with Gasteiger partial charge in [0.05, 0.1) is 6.61 Å². The molecule has 0 spiro atoms. The molecule has 0 aromatic carbocycles. The van der Waals surface area contributed by atoms with Gasteiger partial charge < -0.3 is 35.2 Å². The first-order valence-electron chi connectivity index (χ1n) is 5.29. The first-order chi connectivity index (χ1) is 8.65. The smallest absolute Gasteiger partial charge is 0.394 e. The Morgan fingerprint density at radius 2 is 2.00 bits per heavy atom. The molecule has 19 heavy (non-hydrogen) atoms. The van der Waals surface area contributed by atoms with E-state index < -0.39 is 51.0 Å². The Morgan fingerprint density at radius 3 is 2.42 bits per heavy atom. The number of aliphatic hydroxyl groups is 3. The van der Waals surface area contributed by atoms with Crippen LogP contribution in [0.25, 0.3) is 0 Å². The number of nitrogens with one attached hydrogen (secondary N) is 1. The van der Waals surface area contributed by atoms with Crippen molar-refractivity contribution in [2.75, 3.05) is 6.61 Å². The second kappa shape index (κ2) is 6.25. The largest absolute Gasteiger partial charge is 0.470 e. The van der Waals surface area contributed by atoms with Crippen LogP contribution < -0.4 is 5.32 Å². The lowest BCUT2D eigenvalue weighted by Crippen LogP contribution is -2.64. The van der Waals surface area contributed by atoms with Crippen molar-refractivity contribution in [3.05, 3.63) is 0 Å². The zero-order valence-electron chi connectivity index (χ0n) is 9.91. The van der Waals surface area contributed by atoms with Gasteiger partial charge in [0, 0.05) is 6.92 Å². The second-order valence-corrected chi connectivity index (χ2v) is 5.22. The molecule has 1 rings (SSSR count). The summed E-state index contributed by atoms with van der Waals surface area (Å²) in [6, 6.07) is -1.34. The molecule has 0 bridgehead atoms. The molecule has 5 atom stereocenters. The third-order valence-electron chi connectivity index (χ3n) is 2.50. The van der Waals surface area contributed by atoms with Crippen LogP contribution in [0.2, 0.25) is 0 Å². The van der Waals surface area contributed by atoms with Crippen molar-refractivity contribution in [3.63, 3.8) is 0 Å². The number of phosphoric acid groups is 1. The zero-order chi connectivity index (χ0) is 14.8. The molecule has 0 aromatic heterocycles. The summed E-state index contributed by atoms with van der Waals surface area (Å²) >= 11 is 0. The summed E-state index contributed by atoms with van der Waals surface area (Å²) in [6.07, 6.45) is -6.26. The maximum absolute atomic E-state index is 10.9. The minimum Gasteiger partial charge on any atom is -0.394 e. The van der Waals surface area contributed by atoms with Crippen molar-refractivity contribution in [2.45, 2.75) is 37.6 Å². The Kier molecular flexibility index (Phi) is 5.42. The number of carbonyl (C=O) groups excluding carboxylic acids is 1. The highest BCUT2D eigenvalue weighted by Gasteiger charge is 2.47. The molecule has 3 unspecified atom stereocenters. The lowest BCUT2D eigenvalue weighted by atomic mass is 9.97. The minimum atomic E-state index is -4.95. The van der Waals surface area contributed by atoms with E-state index in [1.165, 1.54) is 0 Å². The van der Waals surface area contributed by atoms with Crippen LogP contribution in [-0.2, 0) is 18.6 Å². The van der Waals surface area contributed by atoms with Gasteiger partial charge in [-0.15, -0.1) is 0 Å². The number of ether oxygens (including phenoxy) is 1. The fraction of sp³-hybridized carbons (Fsp3) is 0.875. The Bertz CT molecular complexity index is 371. The molecule has 0 radical (unpaired) electrons.